The van der Waals surface area contributed by atoms with E-state index in [-0.39, 0.29) is 5.91 Å². The van der Waals surface area contributed by atoms with E-state index in [1.165, 1.54) is 0 Å². The molecule has 1 atom stereocenters. The van der Waals surface area contributed by atoms with Gasteiger partial charge >= 0.3 is 0 Å². The first kappa shape index (κ1) is 10.1. The highest BCUT2D eigenvalue weighted by Gasteiger charge is 2.28. The number of carbonyl (C=O) groups is 1. The number of H-pyrrole nitrogens is 1. The molecule has 3 N–H and O–H groups in total. The van der Waals surface area contributed by atoms with Crippen molar-refractivity contribution in [2.45, 2.75) is 32.2 Å². The van der Waals surface area contributed by atoms with Crippen LogP contribution in [0.15, 0.2) is 12.3 Å². The SMILES string of the molecule is CCC1CCCN1C(=O)c1cc(N)c[nH]1. The molecule has 1 aromatic heterocycles. The molecule has 82 valence electrons. The molecule has 0 saturated carbocycles. The number of amides is 1. The largest absolute Gasteiger partial charge is 0.397 e. The topological polar surface area (TPSA) is 62.1 Å². The maximum Gasteiger partial charge on any atom is 0.270 e. The number of likely N-dealkylation sites (tertiary alicyclic amines) is 1. The second-order valence-corrected chi connectivity index (χ2v) is 4.05. The van der Waals surface area contributed by atoms with E-state index >= 15 is 0 Å². The fourth-order valence-corrected chi connectivity index (χ4v) is 2.22. The zero-order valence-electron chi connectivity index (χ0n) is 8.99. The Labute approximate surface area is 89.5 Å². The van der Waals surface area contributed by atoms with Gasteiger partial charge in [-0.3, -0.25) is 4.79 Å². The van der Waals surface area contributed by atoms with Crippen molar-refractivity contribution < 1.29 is 4.79 Å². The van der Waals surface area contributed by atoms with Gasteiger partial charge in [0.25, 0.3) is 5.91 Å². The summed E-state index contributed by atoms with van der Waals surface area (Å²) in [5.74, 6) is 0.0797. The number of carbonyl (C=O) groups excluding carboxylic acids is 1. The average Bonchev–Trinajstić information content (AvgIpc) is 2.84. The van der Waals surface area contributed by atoms with Crippen LogP contribution < -0.4 is 5.73 Å². The zero-order chi connectivity index (χ0) is 10.8. The van der Waals surface area contributed by atoms with Gasteiger partial charge in [-0.15, -0.1) is 0 Å². The summed E-state index contributed by atoms with van der Waals surface area (Å²) in [4.78, 5) is 16.9. The highest BCUT2D eigenvalue weighted by molar-refractivity contribution is 5.93. The van der Waals surface area contributed by atoms with Gasteiger partial charge in [-0.2, -0.15) is 0 Å². The summed E-state index contributed by atoms with van der Waals surface area (Å²) in [5.41, 5.74) is 6.80. The quantitative estimate of drug-likeness (QED) is 0.774. The summed E-state index contributed by atoms with van der Waals surface area (Å²) in [6.45, 7) is 3.00. The van der Waals surface area contributed by atoms with E-state index in [0.29, 0.717) is 17.4 Å². The third kappa shape index (κ3) is 1.84. The first-order valence-corrected chi connectivity index (χ1v) is 5.47. The number of aromatic amines is 1. The Balaban J connectivity index is 2.13. The molecule has 1 unspecified atom stereocenters. The maximum atomic E-state index is 12.1. The minimum atomic E-state index is 0.0797. The Morgan fingerprint density at radius 1 is 1.73 bits per heavy atom. The monoisotopic (exact) mass is 207 g/mol. The first-order valence-electron chi connectivity index (χ1n) is 5.47. The van der Waals surface area contributed by atoms with E-state index in [0.717, 1.165) is 25.8 Å². The molecule has 1 saturated heterocycles. The average molecular weight is 207 g/mol. The zero-order valence-corrected chi connectivity index (χ0v) is 8.99. The molecule has 0 spiro atoms. The van der Waals surface area contributed by atoms with Crippen LogP contribution in [0, 0.1) is 0 Å². The van der Waals surface area contributed by atoms with E-state index in [2.05, 4.69) is 11.9 Å². The van der Waals surface area contributed by atoms with Gasteiger partial charge < -0.3 is 15.6 Å². The number of nitrogens with one attached hydrogen (secondary N) is 1. The van der Waals surface area contributed by atoms with Crippen LogP contribution in [-0.2, 0) is 0 Å². The van der Waals surface area contributed by atoms with E-state index in [1.54, 1.807) is 12.3 Å². The predicted octanol–water partition coefficient (Wildman–Crippen LogP) is 1.61. The Morgan fingerprint density at radius 3 is 3.13 bits per heavy atom. The molecule has 2 heterocycles. The third-order valence-corrected chi connectivity index (χ3v) is 3.04. The Morgan fingerprint density at radius 2 is 2.53 bits per heavy atom. The third-order valence-electron chi connectivity index (χ3n) is 3.04. The molecule has 1 fully saturated rings. The van der Waals surface area contributed by atoms with Crippen molar-refractivity contribution in [3.8, 4) is 0 Å². The van der Waals surface area contributed by atoms with Crippen molar-refractivity contribution in [1.29, 1.82) is 0 Å². The summed E-state index contributed by atoms with van der Waals surface area (Å²) in [5, 5.41) is 0. The molecule has 15 heavy (non-hydrogen) atoms. The van der Waals surface area contributed by atoms with Crippen LogP contribution in [0.5, 0.6) is 0 Å². The lowest BCUT2D eigenvalue weighted by Gasteiger charge is -2.22. The molecule has 1 aliphatic heterocycles. The molecule has 4 nitrogen and oxygen atoms in total. The summed E-state index contributed by atoms with van der Waals surface area (Å²) in [7, 11) is 0. The van der Waals surface area contributed by atoms with Crippen molar-refractivity contribution in [2.24, 2.45) is 0 Å². The molecular weight excluding hydrogens is 190 g/mol. The summed E-state index contributed by atoms with van der Waals surface area (Å²) < 4.78 is 0. The fourth-order valence-electron chi connectivity index (χ4n) is 2.22. The van der Waals surface area contributed by atoms with Crippen LogP contribution in [-0.4, -0.2) is 28.4 Å². The Bertz CT molecular complexity index is 358. The molecule has 1 aromatic rings. The molecule has 4 heteroatoms. The van der Waals surface area contributed by atoms with E-state index in [4.69, 9.17) is 5.73 Å². The molecule has 1 amide bonds. The van der Waals surface area contributed by atoms with Gasteiger partial charge in [0.05, 0.1) is 0 Å². The lowest BCUT2D eigenvalue weighted by atomic mass is 10.1. The number of aromatic nitrogens is 1. The minimum absolute atomic E-state index is 0.0797. The van der Waals surface area contributed by atoms with Crippen LogP contribution in [0.3, 0.4) is 0 Å². The standard InChI is InChI=1S/C11H17N3O/c1-2-9-4-3-5-14(9)11(15)10-6-8(12)7-13-10/h6-7,9,13H,2-5,12H2,1H3. The number of hydrogen-bond donors (Lipinski definition) is 2. The van der Waals surface area contributed by atoms with Gasteiger partial charge in [0.15, 0.2) is 0 Å². The minimum Gasteiger partial charge on any atom is -0.397 e. The molecule has 0 radical (unpaired) electrons. The second-order valence-electron chi connectivity index (χ2n) is 4.05. The highest BCUT2D eigenvalue weighted by atomic mass is 16.2. The van der Waals surface area contributed by atoms with E-state index in [9.17, 15) is 4.79 Å². The van der Waals surface area contributed by atoms with Crippen molar-refractivity contribution in [2.75, 3.05) is 12.3 Å². The van der Waals surface area contributed by atoms with Gasteiger partial charge in [-0.25, -0.2) is 0 Å². The Hall–Kier alpha value is -1.45. The van der Waals surface area contributed by atoms with E-state index < -0.39 is 0 Å². The lowest BCUT2D eigenvalue weighted by molar-refractivity contribution is 0.0728. The number of nitrogens with zero attached hydrogens (tertiary/aromatic N) is 1. The normalized spacial score (nSPS) is 20.9. The van der Waals surface area contributed by atoms with E-state index in [1.807, 2.05) is 4.90 Å². The van der Waals surface area contributed by atoms with Crippen LogP contribution in [0.2, 0.25) is 0 Å². The summed E-state index contributed by atoms with van der Waals surface area (Å²) in [6.07, 6.45) is 4.92. The summed E-state index contributed by atoms with van der Waals surface area (Å²) in [6, 6.07) is 2.11. The highest BCUT2D eigenvalue weighted by Crippen LogP contribution is 2.22. The van der Waals surface area contributed by atoms with Gasteiger partial charge in [0.2, 0.25) is 0 Å². The molecule has 1 aliphatic rings. The molecular formula is C11H17N3O. The number of rotatable bonds is 2. The smallest absolute Gasteiger partial charge is 0.270 e. The number of hydrogen-bond acceptors (Lipinski definition) is 2. The van der Waals surface area contributed by atoms with Crippen LogP contribution in [0.25, 0.3) is 0 Å². The number of anilines is 1. The van der Waals surface area contributed by atoms with Gasteiger partial charge in [-0.05, 0) is 25.3 Å². The van der Waals surface area contributed by atoms with Crippen molar-refractivity contribution in [3.63, 3.8) is 0 Å². The molecule has 0 aromatic carbocycles. The van der Waals surface area contributed by atoms with Gasteiger partial charge in [0, 0.05) is 24.5 Å². The van der Waals surface area contributed by atoms with Crippen LogP contribution in [0.4, 0.5) is 5.69 Å². The number of nitrogen functional groups attached to an aromatic ring is 1. The Kier molecular flexibility index (Phi) is 2.66. The van der Waals surface area contributed by atoms with Crippen LogP contribution in [0.1, 0.15) is 36.7 Å². The molecule has 2 rings (SSSR count). The summed E-state index contributed by atoms with van der Waals surface area (Å²) >= 11 is 0. The second kappa shape index (κ2) is 3.96. The number of nitrogens with two attached hydrogens (primary N) is 1. The van der Waals surface area contributed by atoms with Crippen molar-refractivity contribution in [1.82, 2.24) is 9.88 Å². The predicted molar refractivity (Wildman–Crippen MR) is 59.6 cm³/mol. The fraction of sp³-hybridized carbons (Fsp3) is 0.545. The van der Waals surface area contributed by atoms with Gasteiger partial charge in [0.1, 0.15) is 5.69 Å². The maximum absolute atomic E-state index is 12.1. The lowest BCUT2D eigenvalue weighted by Crippen LogP contribution is -2.35. The van der Waals surface area contributed by atoms with Crippen molar-refractivity contribution >= 4 is 11.6 Å². The van der Waals surface area contributed by atoms with Gasteiger partial charge in [-0.1, -0.05) is 6.92 Å². The molecule has 0 bridgehead atoms. The van der Waals surface area contributed by atoms with Crippen LogP contribution >= 0.6 is 0 Å². The molecule has 0 aliphatic carbocycles. The van der Waals surface area contributed by atoms with Crippen molar-refractivity contribution in [3.05, 3.63) is 18.0 Å². The first-order chi connectivity index (χ1) is 7.22.